The number of phenolic OH excluding ortho intramolecular Hbond substituents is 1. The van der Waals surface area contributed by atoms with E-state index in [0.717, 1.165) is 49.3 Å². The maximum absolute atomic E-state index is 14.9. The Morgan fingerprint density at radius 3 is 2.69 bits per heavy atom. The average Bonchev–Trinajstić information content (AvgIpc) is 3.33. The molecule has 0 radical (unpaired) electrons. The fourth-order valence-electron chi connectivity index (χ4n) is 4.73. The van der Waals surface area contributed by atoms with Crippen LogP contribution in [0.25, 0.3) is 0 Å². The number of halogens is 1. The number of benzene rings is 2. The molecule has 1 aromatic heterocycles. The Hall–Kier alpha value is -2.73. The van der Waals surface area contributed by atoms with Gasteiger partial charge in [-0.25, -0.2) is 9.07 Å². The fourth-order valence-corrected chi connectivity index (χ4v) is 4.73. The van der Waals surface area contributed by atoms with Gasteiger partial charge in [0.25, 0.3) is 0 Å². The molecule has 0 amide bonds. The van der Waals surface area contributed by atoms with Crippen LogP contribution in [0.3, 0.4) is 0 Å². The lowest BCUT2D eigenvalue weighted by Gasteiger charge is -2.31. The van der Waals surface area contributed by atoms with Gasteiger partial charge >= 0.3 is 0 Å². The zero-order valence-electron chi connectivity index (χ0n) is 16.3. The van der Waals surface area contributed by atoms with E-state index in [1.807, 2.05) is 42.6 Å². The Labute approximate surface area is 169 Å². The van der Waals surface area contributed by atoms with Gasteiger partial charge in [0.15, 0.2) is 0 Å². The summed E-state index contributed by atoms with van der Waals surface area (Å²) in [6.07, 6.45) is 3.66. The molecule has 2 atom stereocenters. The molecule has 0 saturated carbocycles. The van der Waals surface area contributed by atoms with Gasteiger partial charge < -0.3 is 5.11 Å². The first-order chi connectivity index (χ1) is 14.2. The highest BCUT2D eigenvalue weighted by Crippen LogP contribution is 2.41. The van der Waals surface area contributed by atoms with Crippen molar-refractivity contribution in [3.63, 3.8) is 0 Å². The monoisotopic (exact) mass is 392 g/mol. The highest BCUT2D eigenvalue weighted by atomic mass is 19.1. The molecule has 6 heteroatoms. The standard InChI is InChI=1S/C23H25FN4O/c24-23-21-7-2-1-4-18(21)13-22(23)28-15-19(25-26-28)14-27-10-8-16(9-11-27)17-5-3-6-20(29)12-17/h1-7,12,15-16,22-23,29H,8-11,13-14H2/t22-,23+/m1/s1. The summed E-state index contributed by atoms with van der Waals surface area (Å²) >= 11 is 0. The van der Waals surface area contributed by atoms with Gasteiger partial charge in [0.2, 0.25) is 0 Å². The number of aromatic hydroxyl groups is 1. The van der Waals surface area contributed by atoms with Gasteiger partial charge in [0, 0.05) is 6.54 Å². The van der Waals surface area contributed by atoms with E-state index in [1.165, 1.54) is 5.56 Å². The molecule has 29 heavy (non-hydrogen) atoms. The van der Waals surface area contributed by atoms with E-state index < -0.39 is 6.17 Å². The first kappa shape index (κ1) is 18.3. The second-order valence-corrected chi connectivity index (χ2v) is 8.21. The van der Waals surface area contributed by atoms with Crippen LogP contribution in [0.2, 0.25) is 0 Å². The maximum atomic E-state index is 14.9. The van der Waals surface area contributed by atoms with Crippen molar-refractivity contribution in [1.82, 2.24) is 19.9 Å². The van der Waals surface area contributed by atoms with E-state index >= 15 is 0 Å². The topological polar surface area (TPSA) is 54.2 Å². The molecule has 2 aliphatic rings. The zero-order valence-corrected chi connectivity index (χ0v) is 16.3. The van der Waals surface area contributed by atoms with E-state index in [0.29, 0.717) is 18.1 Å². The summed E-state index contributed by atoms with van der Waals surface area (Å²) in [4.78, 5) is 2.38. The molecule has 0 bridgehead atoms. The third-order valence-corrected chi connectivity index (χ3v) is 6.33. The van der Waals surface area contributed by atoms with Crippen molar-refractivity contribution in [3.05, 3.63) is 77.1 Å². The highest BCUT2D eigenvalue weighted by Gasteiger charge is 2.34. The van der Waals surface area contributed by atoms with Gasteiger partial charge in [-0.3, -0.25) is 4.90 Å². The second kappa shape index (κ2) is 7.59. The molecule has 1 N–H and O–H groups in total. The van der Waals surface area contributed by atoms with Gasteiger partial charge in [0.1, 0.15) is 11.9 Å². The number of hydrogen-bond acceptors (Lipinski definition) is 4. The van der Waals surface area contributed by atoms with Crippen molar-refractivity contribution in [3.8, 4) is 5.75 Å². The molecule has 1 saturated heterocycles. The summed E-state index contributed by atoms with van der Waals surface area (Å²) in [5.74, 6) is 0.820. The Morgan fingerprint density at radius 2 is 1.90 bits per heavy atom. The lowest BCUT2D eigenvalue weighted by Crippen LogP contribution is -2.32. The van der Waals surface area contributed by atoms with Crippen LogP contribution in [0.5, 0.6) is 5.75 Å². The van der Waals surface area contributed by atoms with Crippen molar-refractivity contribution in [2.24, 2.45) is 0 Å². The highest BCUT2D eigenvalue weighted by molar-refractivity contribution is 5.35. The Morgan fingerprint density at radius 1 is 1.07 bits per heavy atom. The average molecular weight is 392 g/mol. The van der Waals surface area contributed by atoms with E-state index in [9.17, 15) is 9.50 Å². The minimum atomic E-state index is -1.03. The zero-order chi connectivity index (χ0) is 19.8. The molecular weight excluding hydrogens is 367 g/mol. The van der Waals surface area contributed by atoms with E-state index in [4.69, 9.17) is 0 Å². The van der Waals surface area contributed by atoms with Gasteiger partial charge in [-0.05, 0) is 67.1 Å². The molecule has 150 valence electrons. The van der Waals surface area contributed by atoms with Crippen LogP contribution in [-0.2, 0) is 13.0 Å². The largest absolute Gasteiger partial charge is 0.508 e. The number of hydrogen-bond donors (Lipinski definition) is 1. The van der Waals surface area contributed by atoms with Crippen molar-refractivity contribution < 1.29 is 9.50 Å². The number of piperidine rings is 1. The number of rotatable bonds is 4. The summed E-state index contributed by atoms with van der Waals surface area (Å²) in [5.41, 5.74) is 3.95. The third-order valence-electron chi connectivity index (χ3n) is 6.33. The quantitative estimate of drug-likeness (QED) is 0.724. The normalized spacial score (nSPS) is 22.7. The van der Waals surface area contributed by atoms with Crippen LogP contribution in [-0.4, -0.2) is 38.1 Å². The number of phenols is 1. The van der Waals surface area contributed by atoms with Crippen LogP contribution in [0.15, 0.2) is 54.7 Å². The van der Waals surface area contributed by atoms with Crippen molar-refractivity contribution in [1.29, 1.82) is 0 Å². The lowest BCUT2D eigenvalue weighted by atomic mass is 9.89. The molecular formula is C23H25FN4O. The predicted octanol–water partition coefficient (Wildman–Crippen LogP) is 4.17. The van der Waals surface area contributed by atoms with Crippen LogP contribution < -0.4 is 0 Å². The second-order valence-electron chi connectivity index (χ2n) is 8.21. The van der Waals surface area contributed by atoms with Gasteiger partial charge in [0.05, 0.1) is 17.9 Å². The number of aromatic nitrogens is 3. The van der Waals surface area contributed by atoms with Gasteiger partial charge in [-0.1, -0.05) is 41.6 Å². The summed E-state index contributed by atoms with van der Waals surface area (Å²) < 4.78 is 16.6. The Balaban J connectivity index is 1.20. The molecule has 0 spiro atoms. The van der Waals surface area contributed by atoms with Crippen molar-refractivity contribution >= 4 is 0 Å². The summed E-state index contributed by atoms with van der Waals surface area (Å²) in [7, 11) is 0. The number of likely N-dealkylation sites (tertiary alicyclic amines) is 1. The minimum absolute atomic E-state index is 0.301. The first-order valence-electron chi connectivity index (χ1n) is 10.3. The minimum Gasteiger partial charge on any atom is -0.508 e. The summed E-state index contributed by atoms with van der Waals surface area (Å²) in [6, 6.07) is 15.0. The van der Waals surface area contributed by atoms with Gasteiger partial charge in [-0.15, -0.1) is 5.10 Å². The number of alkyl halides is 1. The van der Waals surface area contributed by atoms with Crippen LogP contribution in [0.1, 0.15) is 53.4 Å². The summed E-state index contributed by atoms with van der Waals surface area (Å²) in [6.45, 7) is 2.70. The van der Waals surface area contributed by atoms with Crippen molar-refractivity contribution in [2.45, 2.75) is 43.9 Å². The van der Waals surface area contributed by atoms with Gasteiger partial charge in [-0.2, -0.15) is 0 Å². The Bertz CT molecular complexity index is 996. The van der Waals surface area contributed by atoms with E-state index in [-0.39, 0.29) is 6.04 Å². The SMILES string of the molecule is Oc1cccc(C2CCN(Cc3cn([C@@H]4Cc5ccccc5[C@@H]4F)nn3)CC2)c1. The number of fused-ring (bicyclic) bond motifs is 1. The van der Waals surface area contributed by atoms with Crippen LogP contribution in [0.4, 0.5) is 4.39 Å². The predicted molar refractivity (Wildman–Crippen MR) is 108 cm³/mol. The molecule has 5 nitrogen and oxygen atoms in total. The Kier molecular flexibility index (Phi) is 4.79. The van der Waals surface area contributed by atoms with Crippen LogP contribution >= 0.6 is 0 Å². The molecule has 2 heterocycles. The molecule has 1 aliphatic carbocycles. The van der Waals surface area contributed by atoms with Crippen LogP contribution in [0, 0.1) is 0 Å². The lowest BCUT2D eigenvalue weighted by molar-refractivity contribution is 0.202. The smallest absolute Gasteiger partial charge is 0.148 e. The molecule has 1 aliphatic heterocycles. The molecule has 5 rings (SSSR count). The molecule has 2 aromatic carbocycles. The molecule has 1 fully saturated rings. The first-order valence-corrected chi connectivity index (χ1v) is 10.3. The fraction of sp³-hybridized carbons (Fsp3) is 0.391. The van der Waals surface area contributed by atoms with E-state index in [2.05, 4.69) is 21.3 Å². The van der Waals surface area contributed by atoms with E-state index in [1.54, 1.807) is 10.7 Å². The third kappa shape index (κ3) is 3.65. The molecule has 3 aromatic rings. The number of nitrogens with zero attached hydrogens (tertiary/aromatic N) is 4. The maximum Gasteiger partial charge on any atom is 0.148 e. The summed E-state index contributed by atoms with van der Waals surface area (Å²) in [5, 5.41) is 18.3. The van der Waals surface area contributed by atoms with Crippen molar-refractivity contribution in [2.75, 3.05) is 13.1 Å². The molecule has 0 unspecified atom stereocenters.